The second kappa shape index (κ2) is 6.01. The number of benzene rings is 1. The van der Waals surface area contributed by atoms with Gasteiger partial charge in [-0.1, -0.05) is 12.1 Å². The summed E-state index contributed by atoms with van der Waals surface area (Å²) < 4.78 is 22.9. The standard InChI is InChI=1S/C13H17N3O2S2/c1-9-8-19-13(15-9)7-12(16-14)10-3-5-11(6-4-10)20(2,17)18/h3-6,8,12,16H,7,14H2,1-2H3. The zero-order valence-electron chi connectivity index (χ0n) is 11.3. The molecule has 0 aliphatic rings. The van der Waals surface area contributed by atoms with Crippen LogP contribution in [0.4, 0.5) is 0 Å². The number of hydrazine groups is 1. The maximum absolute atomic E-state index is 11.4. The van der Waals surface area contributed by atoms with Gasteiger partial charge >= 0.3 is 0 Å². The van der Waals surface area contributed by atoms with E-state index in [1.807, 2.05) is 12.3 Å². The molecule has 5 nitrogen and oxygen atoms in total. The van der Waals surface area contributed by atoms with Crippen LogP contribution in [0.5, 0.6) is 0 Å². The molecule has 2 rings (SSSR count). The smallest absolute Gasteiger partial charge is 0.175 e. The maximum atomic E-state index is 11.4. The third-order valence-electron chi connectivity index (χ3n) is 2.96. The predicted octanol–water partition coefficient (Wildman–Crippen LogP) is 1.60. The molecule has 1 atom stereocenters. The van der Waals surface area contributed by atoms with E-state index < -0.39 is 9.84 Å². The molecule has 0 bridgehead atoms. The number of rotatable bonds is 5. The molecule has 108 valence electrons. The highest BCUT2D eigenvalue weighted by Crippen LogP contribution is 2.21. The third kappa shape index (κ3) is 3.63. The van der Waals surface area contributed by atoms with Crippen molar-refractivity contribution in [1.82, 2.24) is 10.4 Å². The number of aromatic nitrogens is 1. The van der Waals surface area contributed by atoms with Crippen LogP contribution in [-0.4, -0.2) is 19.7 Å². The Morgan fingerprint density at radius 2 is 2.00 bits per heavy atom. The Bertz CT molecular complexity index is 678. The molecule has 2 aromatic rings. The van der Waals surface area contributed by atoms with Crippen LogP contribution in [0.1, 0.15) is 22.3 Å². The first-order valence-electron chi connectivity index (χ1n) is 6.07. The Morgan fingerprint density at radius 1 is 1.35 bits per heavy atom. The molecule has 1 unspecified atom stereocenters. The molecule has 0 aliphatic heterocycles. The molecule has 0 amide bonds. The molecule has 0 aliphatic carbocycles. The normalized spacial score (nSPS) is 13.3. The number of nitrogens with two attached hydrogens (primary N) is 1. The molecule has 1 heterocycles. The van der Waals surface area contributed by atoms with Crippen LogP contribution in [-0.2, 0) is 16.3 Å². The fraction of sp³-hybridized carbons (Fsp3) is 0.308. The molecule has 3 N–H and O–H groups in total. The van der Waals surface area contributed by atoms with Crippen LogP contribution in [0, 0.1) is 6.92 Å². The van der Waals surface area contributed by atoms with Gasteiger partial charge in [0.15, 0.2) is 9.84 Å². The number of nitrogens with zero attached hydrogens (tertiary/aromatic N) is 1. The van der Waals surface area contributed by atoms with Crippen LogP contribution in [0.3, 0.4) is 0 Å². The zero-order valence-corrected chi connectivity index (χ0v) is 13.0. The molecule has 7 heteroatoms. The van der Waals surface area contributed by atoms with Crippen molar-refractivity contribution in [3.63, 3.8) is 0 Å². The highest BCUT2D eigenvalue weighted by atomic mass is 32.2. The average molecular weight is 311 g/mol. The molecule has 0 radical (unpaired) electrons. The van der Waals surface area contributed by atoms with Crippen LogP contribution < -0.4 is 11.3 Å². The predicted molar refractivity (Wildman–Crippen MR) is 80.2 cm³/mol. The molecule has 1 aromatic heterocycles. The summed E-state index contributed by atoms with van der Waals surface area (Å²) in [4.78, 5) is 4.72. The molecule has 0 fully saturated rings. The van der Waals surface area contributed by atoms with Gasteiger partial charge in [0, 0.05) is 23.8 Å². The van der Waals surface area contributed by atoms with Gasteiger partial charge in [-0.25, -0.2) is 13.4 Å². The van der Waals surface area contributed by atoms with Gasteiger partial charge in [0.25, 0.3) is 0 Å². The van der Waals surface area contributed by atoms with Crippen LogP contribution in [0.15, 0.2) is 34.5 Å². The first kappa shape index (κ1) is 15.1. The average Bonchev–Trinajstić information content (AvgIpc) is 2.81. The second-order valence-corrected chi connectivity index (χ2v) is 7.61. The number of aryl methyl sites for hydroxylation is 1. The van der Waals surface area contributed by atoms with Gasteiger partial charge in [-0.2, -0.15) is 0 Å². The van der Waals surface area contributed by atoms with Crippen molar-refractivity contribution in [3.05, 3.63) is 45.9 Å². The van der Waals surface area contributed by atoms with E-state index in [9.17, 15) is 8.42 Å². The minimum absolute atomic E-state index is 0.0887. The number of hydrogen-bond donors (Lipinski definition) is 2. The lowest BCUT2D eigenvalue weighted by molar-refractivity contribution is 0.550. The van der Waals surface area contributed by atoms with Gasteiger partial charge in [0.05, 0.1) is 15.9 Å². The van der Waals surface area contributed by atoms with Crippen LogP contribution in [0.25, 0.3) is 0 Å². The van der Waals surface area contributed by atoms with Crippen molar-refractivity contribution >= 4 is 21.2 Å². The summed E-state index contributed by atoms with van der Waals surface area (Å²) in [6.45, 7) is 1.95. The second-order valence-electron chi connectivity index (χ2n) is 4.65. The van der Waals surface area contributed by atoms with Gasteiger partial charge in [-0.15, -0.1) is 11.3 Å². The zero-order chi connectivity index (χ0) is 14.8. The minimum Gasteiger partial charge on any atom is -0.271 e. The van der Waals surface area contributed by atoms with E-state index in [0.29, 0.717) is 11.3 Å². The van der Waals surface area contributed by atoms with Crippen molar-refractivity contribution < 1.29 is 8.42 Å². The Kier molecular flexibility index (Phi) is 4.54. The van der Waals surface area contributed by atoms with Crippen molar-refractivity contribution in [2.75, 3.05) is 6.26 Å². The first-order valence-corrected chi connectivity index (χ1v) is 8.84. The fourth-order valence-corrected chi connectivity index (χ4v) is 3.34. The lowest BCUT2D eigenvalue weighted by Crippen LogP contribution is -2.29. The highest BCUT2D eigenvalue weighted by molar-refractivity contribution is 7.90. The summed E-state index contributed by atoms with van der Waals surface area (Å²) in [6, 6.07) is 6.67. The van der Waals surface area contributed by atoms with E-state index in [1.54, 1.807) is 35.6 Å². The molecule has 0 saturated carbocycles. The third-order valence-corrected chi connectivity index (χ3v) is 5.07. The maximum Gasteiger partial charge on any atom is 0.175 e. The summed E-state index contributed by atoms with van der Waals surface area (Å²) >= 11 is 1.59. The van der Waals surface area contributed by atoms with E-state index in [4.69, 9.17) is 5.84 Å². The molecule has 0 saturated heterocycles. The van der Waals surface area contributed by atoms with Gasteiger partial charge < -0.3 is 0 Å². The summed E-state index contributed by atoms with van der Waals surface area (Å²) in [7, 11) is -3.17. The first-order chi connectivity index (χ1) is 9.40. The van der Waals surface area contributed by atoms with E-state index in [1.165, 1.54) is 6.26 Å². The Labute approximate surface area is 122 Å². The molecular weight excluding hydrogens is 294 g/mol. The van der Waals surface area contributed by atoms with Crippen LogP contribution in [0.2, 0.25) is 0 Å². The number of sulfone groups is 1. The number of hydrogen-bond acceptors (Lipinski definition) is 6. The summed E-state index contributed by atoms with van der Waals surface area (Å²) in [5.41, 5.74) is 4.68. The Hall–Kier alpha value is -1.28. The monoisotopic (exact) mass is 311 g/mol. The lowest BCUT2D eigenvalue weighted by Gasteiger charge is -2.15. The van der Waals surface area contributed by atoms with E-state index in [0.717, 1.165) is 16.3 Å². The van der Waals surface area contributed by atoms with Gasteiger partial charge in [0.1, 0.15) is 0 Å². The SMILES string of the molecule is Cc1csc(CC(NN)c2ccc(S(C)(=O)=O)cc2)n1. The minimum atomic E-state index is -3.17. The van der Waals surface area contributed by atoms with Crippen molar-refractivity contribution in [3.8, 4) is 0 Å². The summed E-state index contributed by atoms with van der Waals surface area (Å²) in [5, 5.41) is 2.99. The van der Waals surface area contributed by atoms with Crippen molar-refractivity contribution in [2.24, 2.45) is 5.84 Å². The van der Waals surface area contributed by atoms with Crippen molar-refractivity contribution in [1.29, 1.82) is 0 Å². The van der Waals surface area contributed by atoms with E-state index >= 15 is 0 Å². The van der Waals surface area contributed by atoms with E-state index in [2.05, 4.69) is 10.4 Å². The largest absolute Gasteiger partial charge is 0.271 e. The Balaban J connectivity index is 2.19. The van der Waals surface area contributed by atoms with E-state index in [-0.39, 0.29) is 6.04 Å². The lowest BCUT2D eigenvalue weighted by atomic mass is 10.1. The van der Waals surface area contributed by atoms with Gasteiger partial charge in [-0.3, -0.25) is 11.3 Å². The number of thiazole rings is 1. The topological polar surface area (TPSA) is 85.1 Å². The quantitative estimate of drug-likeness (QED) is 0.647. The number of nitrogens with one attached hydrogen (secondary N) is 1. The molecule has 1 aromatic carbocycles. The van der Waals surface area contributed by atoms with Crippen LogP contribution >= 0.6 is 11.3 Å². The summed E-state index contributed by atoms with van der Waals surface area (Å²) in [6.07, 6.45) is 1.87. The highest BCUT2D eigenvalue weighted by Gasteiger charge is 2.14. The van der Waals surface area contributed by atoms with Gasteiger partial charge in [-0.05, 0) is 24.6 Å². The fourth-order valence-electron chi connectivity index (χ4n) is 1.89. The summed E-state index contributed by atoms with van der Waals surface area (Å²) in [5.74, 6) is 5.59. The van der Waals surface area contributed by atoms with Crippen molar-refractivity contribution in [2.45, 2.75) is 24.3 Å². The molecule has 20 heavy (non-hydrogen) atoms. The molecule has 0 spiro atoms. The Morgan fingerprint density at radius 3 is 2.45 bits per heavy atom. The molecular formula is C13H17N3O2S2. The van der Waals surface area contributed by atoms with Gasteiger partial charge in [0.2, 0.25) is 0 Å².